The number of hydrogen-bond donors (Lipinski definition) is 1. The first-order valence-corrected chi connectivity index (χ1v) is 6.23. The highest BCUT2D eigenvalue weighted by molar-refractivity contribution is 6.14. The Morgan fingerprint density at radius 1 is 1.21 bits per heavy atom. The molecule has 3 heteroatoms. The van der Waals surface area contributed by atoms with Crippen LogP contribution in [0, 0.1) is 0 Å². The molecular weight excluding hydrogens is 240 g/mol. The summed E-state index contributed by atoms with van der Waals surface area (Å²) in [4.78, 5) is 12.3. The van der Waals surface area contributed by atoms with E-state index in [1.54, 1.807) is 13.2 Å². The lowest BCUT2D eigenvalue weighted by molar-refractivity contribution is 0.102. The van der Waals surface area contributed by atoms with E-state index in [2.05, 4.69) is 0 Å². The number of ether oxygens (including phenoxy) is 1. The van der Waals surface area contributed by atoms with Crippen molar-refractivity contribution in [3.8, 4) is 5.75 Å². The van der Waals surface area contributed by atoms with Crippen molar-refractivity contribution < 1.29 is 14.6 Å². The Morgan fingerprint density at radius 3 is 2.63 bits per heavy atom. The molecule has 2 aromatic rings. The number of aliphatic hydroxyl groups excluding tert-OH is 1. The molecule has 0 fully saturated rings. The first kappa shape index (κ1) is 11.8. The summed E-state index contributed by atoms with van der Waals surface area (Å²) in [5, 5.41) is 11.2. The average Bonchev–Trinajstić information content (AvgIpc) is 2.47. The predicted octanol–water partition coefficient (Wildman–Crippen LogP) is 3.42. The molecule has 2 aromatic carbocycles. The van der Waals surface area contributed by atoms with Gasteiger partial charge in [-0.05, 0) is 29.9 Å². The van der Waals surface area contributed by atoms with Crippen LogP contribution >= 0.6 is 0 Å². The second-order valence-electron chi connectivity index (χ2n) is 4.63. The lowest BCUT2D eigenvalue weighted by Crippen LogP contribution is -2.15. The van der Waals surface area contributed by atoms with Crippen molar-refractivity contribution >= 4 is 16.6 Å². The van der Waals surface area contributed by atoms with Gasteiger partial charge in [-0.1, -0.05) is 24.3 Å². The number of aliphatic hydroxyl groups is 1. The molecule has 3 rings (SSSR count). The van der Waals surface area contributed by atoms with Gasteiger partial charge in [0.05, 0.1) is 13.4 Å². The number of hydrogen-bond acceptors (Lipinski definition) is 3. The predicted molar refractivity (Wildman–Crippen MR) is 73.9 cm³/mol. The van der Waals surface area contributed by atoms with Crippen molar-refractivity contribution in [2.24, 2.45) is 0 Å². The van der Waals surface area contributed by atoms with Crippen LogP contribution in [0.25, 0.3) is 10.8 Å². The van der Waals surface area contributed by atoms with E-state index in [9.17, 15) is 4.79 Å². The standard InChI is InChI=1S/C16H14O3/c1-19-15-8-14-12(7-6-10(9-17)16(14)18)11-4-2-3-5-13(11)15/h2-5,8-9,17H,6-7H2,1H3/b10-9+. The Balaban J connectivity index is 2.35. The molecule has 0 amide bonds. The van der Waals surface area contributed by atoms with Crippen LogP contribution in [-0.2, 0) is 6.42 Å². The van der Waals surface area contributed by atoms with Gasteiger partial charge >= 0.3 is 0 Å². The highest BCUT2D eigenvalue weighted by atomic mass is 16.5. The summed E-state index contributed by atoms with van der Waals surface area (Å²) in [6.07, 6.45) is 2.27. The molecule has 0 aliphatic heterocycles. The molecule has 0 heterocycles. The number of methoxy groups -OCH3 is 1. The maximum Gasteiger partial charge on any atom is 0.192 e. The molecule has 96 valence electrons. The van der Waals surface area contributed by atoms with Gasteiger partial charge in [-0.3, -0.25) is 4.79 Å². The zero-order valence-corrected chi connectivity index (χ0v) is 10.6. The van der Waals surface area contributed by atoms with Gasteiger partial charge in [0.1, 0.15) is 5.75 Å². The molecule has 3 nitrogen and oxygen atoms in total. The lowest BCUT2D eigenvalue weighted by Gasteiger charge is -2.20. The number of benzene rings is 2. The average molecular weight is 254 g/mol. The molecule has 1 aliphatic carbocycles. The van der Waals surface area contributed by atoms with E-state index >= 15 is 0 Å². The van der Waals surface area contributed by atoms with Gasteiger partial charge in [0, 0.05) is 16.5 Å². The molecule has 0 saturated heterocycles. The highest BCUT2D eigenvalue weighted by Crippen LogP contribution is 2.36. The zero-order chi connectivity index (χ0) is 13.4. The number of Topliss-reactive ketones (excluding diaryl/α,β-unsaturated/α-hetero) is 1. The van der Waals surface area contributed by atoms with Crippen LogP contribution in [0.1, 0.15) is 22.3 Å². The largest absolute Gasteiger partial charge is 0.515 e. The van der Waals surface area contributed by atoms with Crippen LogP contribution in [-0.4, -0.2) is 18.0 Å². The van der Waals surface area contributed by atoms with Gasteiger partial charge in [0.25, 0.3) is 0 Å². The molecule has 1 N–H and O–H groups in total. The number of rotatable bonds is 1. The summed E-state index contributed by atoms with van der Waals surface area (Å²) >= 11 is 0. The van der Waals surface area contributed by atoms with Crippen LogP contribution in [0.5, 0.6) is 5.75 Å². The third-order valence-electron chi connectivity index (χ3n) is 3.67. The maximum absolute atomic E-state index is 12.3. The molecule has 0 bridgehead atoms. The van der Waals surface area contributed by atoms with Gasteiger partial charge < -0.3 is 9.84 Å². The van der Waals surface area contributed by atoms with Gasteiger partial charge in [-0.25, -0.2) is 0 Å². The van der Waals surface area contributed by atoms with Crippen LogP contribution in [0.15, 0.2) is 42.2 Å². The topological polar surface area (TPSA) is 46.5 Å². The Hall–Kier alpha value is -2.29. The van der Waals surface area contributed by atoms with Crippen molar-refractivity contribution in [3.05, 3.63) is 53.3 Å². The molecular formula is C16H14O3. The van der Waals surface area contributed by atoms with E-state index in [1.165, 1.54) is 0 Å². The van der Waals surface area contributed by atoms with Crippen molar-refractivity contribution in [2.45, 2.75) is 12.8 Å². The summed E-state index contributed by atoms with van der Waals surface area (Å²) in [5.74, 6) is 0.592. The minimum absolute atomic E-state index is 0.104. The number of carbonyl (C=O) groups is 1. The number of aryl methyl sites for hydroxylation is 1. The summed E-state index contributed by atoms with van der Waals surface area (Å²) < 4.78 is 5.38. The SMILES string of the molecule is COc1cc2c(c3ccccc13)CC/C(=C\O)C2=O. The highest BCUT2D eigenvalue weighted by Gasteiger charge is 2.25. The van der Waals surface area contributed by atoms with Crippen molar-refractivity contribution in [3.63, 3.8) is 0 Å². The molecule has 0 unspecified atom stereocenters. The van der Waals surface area contributed by atoms with Gasteiger partial charge in [-0.2, -0.15) is 0 Å². The molecule has 0 saturated carbocycles. The van der Waals surface area contributed by atoms with Crippen LogP contribution < -0.4 is 4.74 Å². The fraction of sp³-hybridized carbons (Fsp3) is 0.188. The third kappa shape index (κ3) is 1.70. The first-order chi connectivity index (χ1) is 9.26. The molecule has 0 atom stereocenters. The number of carbonyl (C=O) groups excluding carboxylic acids is 1. The fourth-order valence-corrected chi connectivity index (χ4v) is 2.71. The van der Waals surface area contributed by atoms with Gasteiger partial charge in [0.2, 0.25) is 0 Å². The molecule has 1 aliphatic rings. The molecule has 0 radical (unpaired) electrons. The van der Waals surface area contributed by atoms with E-state index in [-0.39, 0.29) is 5.78 Å². The summed E-state index contributed by atoms with van der Waals surface area (Å²) in [7, 11) is 1.60. The number of ketones is 1. The summed E-state index contributed by atoms with van der Waals surface area (Å²) in [6.45, 7) is 0. The van der Waals surface area contributed by atoms with Gasteiger partial charge in [0.15, 0.2) is 5.78 Å². The molecule has 19 heavy (non-hydrogen) atoms. The smallest absolute Gasteiger partial charge is 0.192 e. The van der Waals surface area contributed by atoms with Crippen molar-refractivity contribution in [1.29, 1.82) is 0 Å². The molecule has 0 aromatic heterocycles. The maximum atomic E-state index is 12.3. The number of allylic oxidation sites excluding steroid dienone is 1. The van der Waals surface area contributed by atoms with Crippen LogP contribution in [0.2, 0.25) is 0 Å². The Labute approximate surface area is 111 Å². The minimum Gasteiger partial charge on any atom is -0.515 e. The Morgan fingerprint density at radius 2 is 1.95 bits per heavy atom. The molecule has 0 spiro atoms. The van der Waals surface area contributed by atoms with E-state index in [0.29, 0.717) is 23.3 Å². The van der Waals surface area contributed by atoms with E-state index in [4.69, 9.17) is 9.84 Å². The quantitative estimate of drug-likeness (QED) is 0.626. The zero-order valence-electron chi connectivity index (χ0n) is 10.6. The first-order valence-electron chi connectivity index (χ1n) is 6.23. The van der Waals surface area contributed by atoms with Crippen LogP contribution in [0.3, 0.4) is 0 Å². The summed E-state index contributed by atoms with van der Waals surface area (Å²) in [5.41, 5.74) is 2.15. The summed E-state index contributed by atoms with van der Waals surface area (Å²) in [6, 6.07) is 9.71. The van der Waals surface area contributed by atoms with Crippen molar-refractivity contribution in [2.75, 3.05) is 7.11 Å². The van der Waals surface area contributed by atoms with E-state index in [1.807, 2.05) is 24.3 Å². The second kappa shape index (κ2) is 4.43. The Bertz CT molecular complexity index is 698. The monoisotopic (exact) mass is 254 g/mol. The normalized spacial score (nSPS) is 16.7. The van der Waals surface area contributed by atoms with Crippen LogP contribution in [0.4, 0.5) is 0 Å². The Kier molecular flexibility index (Phi) is 2.75. The van der Waals surface area contributed by atoms with Crippen molar-refractivity contribution in [1.82, 2.24) is 0 Å². The fourth-order valence-electron chi connectivity index (χ4n) is 2.71. The van der Waals surface area contributed by atoms with E-state index in [0.717, 1.165) is 29.0 Å². The minimum atomic E-state index is -0.104. The number of fused-ring (bicyclic) bond motifs is 3. The van der Waals surface area contributed by atoms with E-state index < -0.39 is 0 Å². The van der Waals surface area contributed by atoms with Gasteiger partial charge in [-0.15, -0.1) is 0 Å². The second-order valence-corrected chi connectivity index (χ2v) is 4.63. The third-order valence-corrected chi connectivity index (χ3v) is 3.67. The lowest BCUT2D eigenvalue weighted by atomic mass is 9.84.